The van der Waals surface area contributed by atoms with Gasteiger partial charge in [-0.3, -0.25) is 14.4 Å². The van der Waals surface area contributed by atoms with E-state index < -0.39 is 17.2 Å². The lowest BCUT2D eigenvalue weighted by Crippen LogP contribution is -2.40. The molecule has 1 unspecified atom stereocenters. The number of ether oxygens (including phenoxy) is 1. The molecular weight excluding hydrogens is 613 g/mol. The number of rotatable bonds is 6. The maximum Gasteiger partial charge on any atom is 0.259 e. The molecule has 3 aromatic carbocycles. The topological polar surface area (TPSA) is 100 Å². The van der Waals surface area contributed by atoms with E-state index >= 15 is 4.39 Å². The third kappa shape index (κ3) is 4.74. The molecule has 0 radical (unpaired) electrons. The SMILES string of the molecule is O=C(CCN1CCCC1)NC1CCN(C(=O)c2cn3c4c(c(N5CCCC5)c(F)cc4c2=O)Oc2cc4c(cc2-3)oc2ccccc24)C1. The Kier molecular flexibility index (Phi) is 6.93. The predicted molar refractivity (Wildman–Crippen MR) is 181 cm³/mol. The summed E-state index contributed by atoms with van der Waals surface area (Å²) in [5.41, 5.74) is 2.10. The highest BCUT2D eigenvalue weighted by Gasteiger charge is 2.34. The lowest BCUT2D eigenvalue weighted by atomic mass is 10.0. The van der Waals surface area contributed by atoms with Gasteiger partial charge in [-0.25, -0.2) is 4.39 Å². The zero-order chi connectivity index (χ0) is 32.5. The van der Waals surface area contributed by atoms with E-state index in [0.29, 0.717) is 67.2 Å². The van der Waals surface area contributed by atoms with Crippen molar-refractivity contribution in [2.24, 2.45) is 0 Å². The fraction of sp³-hybridized carbons (Fsp3) is 0.378. The zero-order valence-corrected chi connectivity index (χ0v) is 26.6. The molecular formula is C37H36FN5O5. The van der Waals surface area contributed by atoms with E-state index in [-0.39, 0.29) is 28.6 Å². The van der Waals surface area contributed by atoms with Gasteiger partial charge < -0.3 is 33.7 Å². The molecule has 11 heteroatoms. The number of fused-ring (bicyclic) bond motifs is 5. The normalized spacial score (nSPS) is 19.1. The molecule has 0 bridgehead atoms. The number of anilines is 1. The Labute approximate surface area is 275 Å². The van der Waals surface area contributed by atoms with Crippen LogP contribution in [0.5, 0.6) is 11.5 Å². The lowest BCUT2D eigenvalue weighted by molar-refractivity contribution is -0.122. The minimum Gasteiger partial charge on any atom is -0.456 e. The molecule has 0 spiro atoms. The summed E-state index contributed by atoms with van der Waals surface area (Å²) < 4.78 is 30.6. The number of para-hydroxylation sites is 1. The van der Waals surface area contributed by atoms with Crippen LogP contribution in [-0.2, 0) is 4.79 Å². The number of halogens is 1. The molecule has 2 amide bonds. The van der Waals surface area contributed by atoms with Crippen molar-refractivity contribution in [2.75, 3.05) is 50.7 Å². The van der Waals surface area contributed by atoms with Gasteiger partial charge in [0.05, 0.1) is 11.1 Å². The molecule has 1 atom stereocenters. The first-order valence-electron chi connectivity index (χ1n) is 17.0. The van der Waals surface area contributed by atoms with E-state index in [9.17, 15) is 14.4 Å². The first-order chi connectivity index (χ1) is 23.4. The minimum absolute atomic E-state index is 0.0262. The summed E-state index contributed by atoms with van der Waals surface area (Å²) in [5, 5.41) is 4.94. The summed E-state index contributed by atoms with van der Waals surface area (Å²) in [5.74, 6) is -0.261. The summed E-state index contributed by atoms with van der Waals surface area (Å²) in [7, 11) is 0. The number of amides is 2. The van der Waals surface area contributed by atoms with Crippen molar-refractivity contribution in [3.05, 3.63) is 70.3 Å². The van der Waals surface area contributed by atoms with Crippen LogP contribution in [0.25, 0.3) is 38.5 Å². The maximum absolute atomic E-state index is 16.1. The molecule has 1 N–H and O–H groups in total. The van der Waals surface area contributed by atoms with Gasteiger partial charge in [0, 0.05) is 68.2 Å². The minimum atomic E-state index is -0.552. The molecule has 4 aliphatic rings. The van der Waals surface area contributed by atoms with Crippen LogP contribution in [0, 0.1) is 5.82 Å². The lowest BCUT2D eigenvalue weighted by Gasteiger charge is -2.29. The standard InChI is InChI=1S/C37H36FN5O5/c38-27-17-25-33-36(34(27)41-13-5-6-14-41)48-31-18-24-23-7-1-2-8-29(23)47-30(24)19-28(31)43(33)21-26(35(25)45)37(46)42-16-9-22(20-42)39-32(44)10-15-40-11-3-4-12-40/h1-2,7-8,17-19,21-22H,3-6,9-16,20H2,(H,39,44). The summed E-state index contributed by atoms with van der Waals surface area (Å²) in [4.78, 5) is 46.7. The third-order valence-electron chi connectivity index (χ3n) is 10.4. The first kappa shape index (κ1) is 29.3. The van der Waals surface area contributed by atoms with Gasteiger partial charge in [-0.1, -0.05) is 18.2 Å². The van der Waals surface area contributed by atoms with Gasteiger partial charge in [0.1, 0.15) is 27.9 Å². The molecule has 6 heterocycles. The molecule has 9 rings (SSSR count). The highest BCUT2D eigenvalue weighted by Crippen LogP contribution is 2.49. The van der Waals surface area contributed by atoms with Gasteiger partial charge in [-0.2, -0.15) is 0 Å². The number of nitrogens with one attached hydrogen (secondary N) is 1. The number of carbonyl (C=O) groups excluding carboxylic acids is 2. The van der Waals surface area contributed by atoms with Crippen LogP contribution in [0.2, 0.25) is 0 Å². The Morgan fingerprint density at radius 3 is 2.54 bits per heavy atom. The fourth-order valence-corrected chi connectivity index (χ4v) is 8.01. The third-order valence-corrected chi connectivity index (χ3v) is 10.4. The summed E-state index contributed by atoms with van der Waals surface area (Å²) in [6, 6.07) is 12.5. The van der Waals surface area contributed by atoms with Gasteiger partial charge in [0.25, 0.3) is 5.91 Å². The van der Waals surface area contributed by atoms with Crippen LogP contribution < -0.4 is 20.4 Å². The van der Waals surface area contributed by atoms with Crippen LogP contribution in [0.1, 0.15) is 48.9 Å². The highest BCUT2D eigenvalue weighted by molar-refractivity contribution is 6.07. The first-order valence-corrected chi connectivity index (χ1v) is 17.0. The number of nitrogens with zero attached hydrogens (tertiary/aromatic N) is 4. The van der Waals surface area contributed by atoms with E-state index in [1.54, 1.807) is 15.7 Å². The van der Waals surface area contributed by atoms with Gasteiger partial charge in [-0.15, -0.1) is 0 Å². The molecule has 4 aliphatic heterocycles. The Hall–Kier alpha value is -4.90. The Morgan fingerprint density at radius 1 is 0.917 bits per heavy atom. The molecule has 5 aromatic rings. The fourth-order valence-electron chi connectivity index (χ4n) is 8.01. The van der Waals surface area contributed by atoms with E-state index in [0.717, 1.165) is 48.8 Å². The van der Waals surface area contributed by atoms with Crippen LogP contribution in [0.15, 0.2) is 57.9 Å². The summed E-state index contributed by atoms with van der Waals surface area (Å²) in [6.07, 6.45) is 6.81. The van der Waals surface area contributed by atoms with E-state index in [4.69, 9.17) is 9.15 Å². The second kappa shape index (κ2) is 11.4. The molecule has 3 saturated heterocycles. The number of aromatic nitrogens is 1. The van der Waals surface area contributed by atoms with Crippen LogP contribution >= 0.6 is 0 Å². The van der Waals surface area contributed by atoms with Gasteiger partial charge in [0.15, 0.2) is 17.3 Å². The molecule has 2 aromatic heterocycles. The Bertz CT molecular complexity index is 2200. The molecule has 48 heavy (non-hydrogen) atoms. The van der Waals surface area contributed by atoms with E-state index in [1.165, 1.54) is 18.9 Å². The monoisotopic (exact) mass is 649 g/mol. The second-order valence-electron chi connectivity index (χ2n) is 13.5. The smallest absolute Gasteiger partial charge is 0.259 e. The average Bonchev–Trinajstić information content (AvgIpc) is 3.92. The summed E-state index contributed by atoms with van der Waals surface area (Å²) >= 11 is 0. The van der Waals surface area contributed by atoms with Crippen molar-refractivity contribution < 1.29 is 23.1 Å². The second-order valence-corrected chi connectivity index (χ2v) is 13.5. The Balaban J connectivity index is 1.10. The number of pyridine rings is 1. The van der Waals surface area contributed by atoms with Crippen molar-refractivity contribution in [2.45, 2.75) is 44.6 Å². The molecule has 3 fully saturated rings. The number of hydrogen-bond donors (Lipinski definition) is 1. The molecule has 10 nitrogen and oxygen atoms in total. The van der Waals surface area contributed by atoms with E-state index in [1.807, 2.05) is 41.3 Å². The van der Waals surface area contributed by atoms with Gasteiger partial charge >= 0.3 is 0 Å². The van der Waals surface area contributed by atoms with Crippen molar-refractivity contribution >= 4 is 50.3 Å². The number of benzene rings is 3. The van der Waals surface area contributed by atoms with E-state index in [2.05, 4.69) is 10.2 Å². The molecule has 0 saturated carbocycles. The molecule has 246 valence electrons. The largest absolute Gasteiger partial charge is 0.456 e. The predicted octanol–water partition coefficient (Wildman–Crippen LogP) is 5.55. The van der Waals surface area contributed by atoms with Crippen LogP contribution in [0.4, 0.5) is 10.1 Å². The van der Waals surface area contributed by atoms with Crippen molar-refractivity contribution in [1.29, 1.82) is 0 Å². The number of carbonyl (C=O) groups is 2. The van der Waals surface area contributed by atoms with Crippen molar-refractivity contribution in [3.63, 3.8) is 0 Å². The number of likely N-dealkylation sites (tertiary alicyclic amines) is 2. The van der Waals surface area contributed by atoms with Crippen molar-refractivity contribution in [1.82, 2.24) is 19.7 Å². The maximum atomic E-state index is 16.1. The van der Waals surface area contributed by atoms with Crippen LogP contribution in [0.3, 0.4) is 0 Å². The average molecular weight is 650 g/mol. The number of hydrogen-bond acceptors (Lipinski definition) is 7. The Morgan fingerprint density at radius 2 is 1.71 bits per heavy atom. The van der Waals surface area contributed by atoms with Crippen LogP contribution in [-0.4, -0.2) is 78.0 Å². The summed E-state index contributed by atoms with van der Waals surface area (Å²) in [6.45, 7) is 4.88. The van der Waals surface area contributed by atoms with Gasteiger partial charge in [-0.05, 0) is 63.4 Å². The number of furan rings is 1. The van der Waals surface area contributed by atoms with Gasteiger partial charge in [0.2, 0.25) is 11.3 Å². The quantitative estimate of drug-likeness (QED) is 0.253. The van der Waals surface area contributed by atoms with Crippen molar-refractivity contribution in [3.8, 4) is 17.2 Å². The highest BCUT2D eigenvalue weighted by atomic mass is 19.1. The molecule has 0 aliphatic carbocycles. The zero-order valence-electron chi connectivity index (χ0n) is 26.6.